The van der Waals surface area contributed by atoms with Gasteiger partial charge in [0.15, 0.2) is 0 Å². The average molecular weight is 345 g/mol. The summed E-state index contributed by atoms with van der Waals surface area (Å²) in [5, 5.41) is 17.4. The summed E-state index contributed by atoms with van der Waals surface area (Å²) in [4.78, 5) is 22.3. The molecule has 5 nitrogen and oxygen atoms in total. The first-order chi connectivity index (χ1) is 9.90. The van der Waals surface area contributed by atoms with Crippen molar-refractivity contribution in [3.63, 3.8) is 0 Å². The van der Waals surface area contributed by atoms with E-state index in [0.29, 0.717) is 6.54 Å². The van der Waals surface area contributed by atoms with E-state index in [1.54, 1.807) is 0 Å². The zero-order chi connectivity index (χ0) is 15.6. The molecule has 1 amide bonds. The van der Waals surface area contributed by atoms with Crippen LogP contribution in [0.3, 0.4) is 0 Å². The third-order valence-electron chi connectivity index (χ3n) is 2.87. The number of benzene rings is 1. The molecule has 0 spiro atoms. The summed E-state index contributed by atoms with van der Waals surface area (Å²) in [5.74, 6) is -0.504. The fourth-order valence-corrected chi connectivity index (χ4v) is 2.95. The summed E-state index contributed by atoms with van der Waals surface area (Å²) in [6.45, 7) is 2.26. The second kappa shape index (κ2) is 6.43. The monoisotopic (exact) mass is 344 g/mol. The van der Waals surface area contributed by atoms with Crippen LogP contribution in [-0.2, 0) is 6.54 Å². The van der Waals surface area contributed by atoms with Crippen LogP contribution in [0.5, 0.6) is 0 Å². The highest BCUT2D eigenvalue weighted by molar-refractivity contribution is 7.08. The van der Waals surface area contributed by atoms with E-state index in [1.165, 1.54) is 11.3 Å². The molecule has 0 saturated carbocycles. The van der Waals surface area contributed by atoms with Crippen molar-refractivity contribution in [2.75, 3.05) is 0 Å². The number of non-ortho nitro benzene ring substituents is 1. The van der Waals surface area contributed by atoms with Crippen LogP contribution in [0.2, 0.25) is 10.0 Å². The lowest BCUT2D eigenvalue weighted by Gasteiger charge is -2.08. The van der Waals surface area contributed by atoms with E-state index in [2.05, 4.69) is 5.32 Å². The summed E-state index contributed by atoms with van der Waals surface area (Å²) < 4.78 is 0. The molecule has 0 aliphatic heterocycles. The van der Waals surface area contributed by atoms with Crippen LogP contribution < -0.4 is 5.32 Å². The Kier molecular flexibility index (Phi) is 4.82. The standard InChI is InChI=1S/C13H10Cl2N2O3S/c1-7-5-21-6-8(7)4-16-13(18)10-2-9(17(19)20)3-11(14)12(10)15/h2-3,5-6H,4H2,1H3,(H,16,18). The summed E-state index contributed by atoms with van der Waals surface area (Å²) in [6.07, 6.45) is 0. The number of nitro benzene ring substituents is 1. The van der Waals surface area contributed by atoms with Gasteiger partial charge in [-0.25, -0.2) is 0 Å². The van der Waals surface area contributed by atoms with Gasteiger partial charge in [-0.3, -0.25) is 14.9 Å². The van der Waals surface area contributed by atoms with Crippen molar-refractivity contribution in [1.29, 1.82) is 0 Å². The van der Waals surface area contributed by atoms with Gasteiger partial charge in [0, 0.05) is 18.7 Å². The lowest BCUT2D eigenvalue weighted by atomic mass is 10.1. The van der Waals surface area contributed by atoms with E-state index in [0.717, 1.165) is 23.3 Å². The van der Waals surface area contributed by atoms with Crippen LogP contribution in [0.25, 0.3) is 0 Å². The minimum Gasteiger partial charge on any atom is -0.348 e. The number of nitrogens with one attached hydrogen (secondary N) is 1. The normalized spacial score (nSPS) is 10.4. The lowest BCUT2D eigenvalue weighted by Crippen LogP contribution is -2.23. The molecule has 1 aromatic carbocycles. The number of carbonyl (C=O) groups excluding carboxylic acids is 1. The van der Waals surface area contributed by atoms with Gasteiger partial charge in [0.2, 0.25) is 0 Å². The van der Waals surface area contributed by atoms with Gasteiger partial charge >= 0.3 is 0 Å². The smallest absolute Gasteiger partial charge is 0.271 e. The van der Waals surface area contributed by atoms with E-state index >= 15 is 0 Å². The maximum Gasteiger partial charge on any atom is 0.271 e. The van der Waals surface area contributed by atoms with Crippen LogP contribution in [0.4, 0.5) is 5.69 Å². The zero-order valence-corrected chi connectivity index (χ0v) is 13.2. The molecule has 0 unspecified atom stereocenters. The number of hydrogen-bond acceptors (Lipinski definition) is 4. The molecular formula is C13H10Cl2N2O3S. The molecule has 0 aliphatic carbocycles. The Balaban J connectivity index is 2.22. The Morgan fingerprint density at radius 3 is 2.67 bits per heavy atom. The van der Waals surface area contributed by atoms with Crippen LogP contribution in [0, 0.1) is 17.0 Å². The Labute approximate surface area is 134 Å². The van der Waals surface area contributed by atoms with E-state index in [1.807, 2.05) is 17.7 Å². The van der Waals surface area contributed by atoms with Gasteiger partial charge in [-0.05, 0) is 28.8 Å². The Bertz CT molecular complexity index is 715. The predicted octanol–water partition coefficient (Wildman–Crippen LogP) is 4.20. The minimum absolute atomic E-state index is 0.00167. The summed E-state index contributed by atoms with van der Waals surface area (Å²) in [7, 11) is 0. The van der Waals surface area contributed by atoms with Crippen LogP contribution in [-0.4, -0.2) is 10.8 Å². The molecule has 0 atom stereocenters. The van der Waals surface area contributed by atoms with Gasteiger partial charge in [0.1, 0.15) is 0 Å². The number of halogens is 2. The van der Waals surface area contributed by atoms with E-state index in [9.17, 15) is 14.9 Å². The van der Waals surface area contributed by atoms with Gasteiger partial charge in [0.05, 0.1) is 20.5 Å². The molecule has 1 aromatic heterocycles. The van der Waals surface area contributed by atoms with E-state index in [-0.39, 0.29) is 21.3 Å². The van der Waals surface area contributed by atoms with Crippen molar-refractivity contribution >= 4 is 46.1 Å². The highest BCUT2D eigenvalue weighted by Crippen LogP contribution is 2.30. The Morgan fingerprint density at radius 1 is 1.38 bits per heavy atom. The molecule has 0 saturated heterocycles. The highest BCUT2D eigenvalue weighted by Gasteiger charge is 2.19. The SMILES string of the molecule is Cc1cscc1CNC(=O)c1cc([N+](=O)[O-])cc(Cl)c1Cl. The summed E-state index contributed by atoms with van der Waals surface area (Å²) in [6, 6.07) is 2.23. The molecule has 0 radical (unpaired) electrons. The van der Waals surface area contributed by atoms with Gasteiger partial charge in [-0.1, -0.05) is 23.2 Å². The second-order valence-corrected chi connectivity index (χ2v) is 5.84. The third-order valence-corrected chi connectivity index (χ3v) is 4.58. The van der Waals surface area contributed by atoms with Crippen LogP contribution in [0.15, 0.2) is 22.9 Å². The molecule has 0 aliphatic rings. The van der Waals surface area contributed by atoms with Crippen molar-refractivity contribution in [3.05, 3.63) is 59.7 Å². The molecule has 1 heterocycles. The molecular weight excluding hydrogens is 335 g/mol. The molecule has 0 bridgehead atoms. The van der Waals surface area contributed by atoms with Gasteiger partial charge < -0.3 is 5.32 Å². The number of carbonyl (C=O) groups is 1. The Hall–Kier alpha value is -1.63. The molecule has 110 valence electrons. The number of aryl methyl sites for hydroxylation is 1. The maximum absolute atomic E-state index is 12.1. The minimum atomic E-state index is -0.623. The molecule has 1 N–H and O–H groups in total. The van der Waals surface area contributed by atoms with E-state index in [4.69, 9.17) is 23.2 Å². The number of rotatable bonds is 4. The predicted molar refractivity (Wildman–Crippen MR) is 83.3 cm³/mol. The number of thiophene rings is 1. The highest BCUT2D eigenvalue weighted by atomic mass is 35.5. The first-order valence-corrected chi connectivity index (χ1v) is 7.53. The van der Waals surface area contributed by atoms with Gasteiger partial charge in [-0.15, -0.1) is 0 Å². The second-order valence-electron chi connectivity index (χ2n) is 4.31. The number of hydrogen-bond donors (Lipinski definition) is 1. The molecule has 2 rings (SSSR count). The summed E-state index contributed by atoms with van der Waals surface area (Å²) >= 11 is 13.3. The number of amides is 1. The largest absolute Gasteiger partial charge is 0.348 e. The quantitative estimate of drug-likeness (QED) is 0.667. The number of nitrogens with zero attached hydrogens (tertiary/aromatic N) is 1. The van der Waals surface area contributed by atoms with Crippen molar-refractivity contribution in [3.8, 4) is 0 Å². The molecule has 0 fully saturated rings. The van der Waals surface area contributed by atoms with E-state index < -0.39 is 10.8 Å². The lowest BCUT2D eigenvalue weighted by molar-refractivity contribution is -0.384. The fourth-order valence-electron chi connectivity index (χ4n) is 1.68. The summed E-state index contributed by atoms with van der Waals surface area (Å²) in [5.41, 5.74) is 1.77. The van der Waals surface area contributed by atoms with Gasteiger partial charge in [0.25, 0.3) is 11.6 Å². The Morgan fingerprint density at radius 2 is 2.10 bits per heavy atom. The van der Waals surface area contributed by atoms with Crippen molar-refractivity contribution in [2.24, 2.45) is 0 Å². The van der Waals surface area contributed by atoms with Gasteiger partial charge in [-0.2, -0.15) is 11.3 Å². The van der Waals surface area contributed by atoms with Crippen molar-refractivity contribution < 1.29 is 9.72 Å². The fraction of sp³-hybridized carbons (Fsp3) is 0.154. The molecule has 2 aromatic rings. The van der Waals surface area contributed by atoms with Crippen molar-refractivity contribution in [2.45, 2.75) is 13.5 Å². The van der Waals surface area contributed by atoms with Crippen molar-refractivity contribution in [1.82, 2.24) is 5.32 Å². The van der Waals surface area contributed by atoms with Crippen LogP contribution in [0.1, 0.15) is 21.5 Å². The molecule has 21 heavy (non-hydrogen) atoms. The first kappa shape index (κ1) is 15.8. The molecule has 8 heteroatoms. The van der Waals surface area contributed by atoms with Crippen LogP contribution >= 0.6 is 34.5 Å². The maximum atomic E-state index is 12.1. The topological polar surface area (TPSA) is 72.2 Å². The average Bonchev–Trinajstić information content (AvgIpc) is 2.84. The first-order valence-electron chi connectivity index (χ1n) is 5.83. The number of nitro groups is 1. The zero-order valence-electron chi connectivity index (χ0n) is 10.9. The third kappa shape index (κ3) is 3.53.